The van der Waals surface area contributed by atoms with Crippen molar-refractivity contribution in [1.82, 2.24) is 4.98 Å². The van der Waals surface area contributed by atoms with Gasteiger partial charge >= 0.3 is 0 Å². The predicted octanol–water partition coefficient (Wildman–Crippen LogP) is 5.61. The number of rotatable bonds is 12. The number of oxazole rings is 1. The molecular weight excluding hydrogens is 396 g/mol. The molecule has 0 saturated heterocycles. The molecule has 0 atom stereocenters. The van der Waals surface area contributed by atoms with Crippen LogP contribution in [-0.2, 0) is 15.7 Å². The highest BCUT2D eigenvalue weighted by molar-refractivity contribution is 7.96. The Morgan fingerprint density at radius 2 is 1.93 bits per heavy atom. The normalized spacial score (nSPS) is 11.0. The summed E-state index contributed by atoms with van der Waals surface area (Å²) in [6, 6.07) is 14.2. The third-order valence-corrected chi connectivity index (χ3v) is 5.98. The van der Waals surface area contributed by atoms with E-state index in [4.69, 9.17) is 10.3 Å². The fourth-order valence-electron chi connectivity index (χ4n) is 2.79. The van der Waals surface area contributed by atoms with Crippen LogP contribution in [0.1, 0.15) is 48.4 Å². The Kier molecular flexibility index (Phi) is 8.25. The molecule has 2 aromatic heterocycles. The number of carbonyl (C=O) groups is 1. The molecule has 28 heavy (non-hydrogen) atoms. The van der Waals surface area contributed by atoms with Crippen LogP contribution in [0.4, 0.5) is 0 Å². The largest absolute Gasteiger partial charge is 0.433 e. The van der Waals surface area contributed by atoms with Crippen LogP contribution in [-0.4, -0.2) is 10.8 Å². The second-order valence-electron chi connectivity index (χ2n) is 6.22. The van der Waals surface area contributed by atoms with Gasteiger partial charge < -0.3 is 4.42 Å². The number of benzene rings is 1. The molecule has 1 aromatic carbocycles. The van der Waals surface area contributed by atoms with E-state index >= 15 is 0 Å². The molecule has 0 unspecified atom stereocenters. The average Bonchev–Trinajstić information content (AvgIpc) is 3.39. The Hall–Kier alpha value is -1.97. The van der Waals surface area contributed by atoms with Gasteiger partial charge in [0.15, 0.2) is 5.76 Å². The van der Waals surface area contributed by atoms with Crippen LogP contribution >= 0.6 is 23.4 Å². The van der Waals surface area contributed by atoms with Crippen LogP contribution in [0.25, 0.3) is 10.6 Å². The van der Waals surface area contributed by atoms with Crippen molar-refractivity contribution in [3.63, 3.8) is 0 Å². The number of carbonyl (C=O) groups excluding carboxylic acids is 1. The second-order valence-corrected chi connectivity index (χ2v) is 8.30. The molecule has 3 rings (SSSR count). The molecule has 3 aromatic rings. The predicted molar refractivity (Wildman–Crippen MR) is 110 cm³/mol. The molecule has 8 heteroatoms. The maximum absolute atomic E-state index is 12.3. The van der Waals surface area contributed by atoms with Crippen molar-refractivity contribution in [2.24, 2.45) is 5.90 Å². The first-order chi connectivity index (χ1) is 13.8. The molecule has 0 saturated carbocycles. The van der Waals surface area contributed by atoms with Crippen molar-refractivity contribution in [1.29, 1.82) is 0 Å². The minimum absolute atomic E-state index is 0.0553. The Bertz CT molecular complexity index is 864. The molecule has 0 aliphatic rings. The zero-order chi connectivity index (χ0) is 19.6. The molecule has 0 aliphatic heterocycles. The van der Waals surface area contributed by atoms with E-state index in [1.165, 1.54) is 16.9 Å². The summed E-state index contributed by atoms with van der Waals surface area (Å²) in [5.74, 6) is 5.50. The maximum atomic E-state index is 12.3. The van der Waals surface area contributed by atoms with Crippen molar-refractivity contribution in [3.8, 4) is 10.6 Å². The Balaban J connectivity index is 1.38. The monoisotopic (exact) mass is 418 g/mol. The number of aromatic nitrogens is 1. The SMILES string of the molecule is NOOSc1ccc(-c2cnc(C(=O)CCCCCCc3ccccc3)o2)s1. The summed E-state index contributed by atoms with van der Waals surface area (Å²) in [5.41, 5.74) is 1.36. The molecule has 2 heterocycles. The Morgan fingerprint density at radius 3 is 2.75 bits per heavy atom. The van der Waals surface area contributed by atoms with E-state index in [9.17, 15) is 4.79 Å². The fraction of sp³-hybridized carbons (Fsp3) is 0.300. The summed E-state index contributed by atoms with van der Waals surface area (Å²) in [6.45, 7) is 0. The van der Waals surface area contributed by atoms with Gasteiger partial charge in [-0.2, -0.15) is 5.90 Å². The molecular formula is C20H22N2O4S2. The first-order valence-corrected chi connectivity index (χ1v) is 10.7. The molecule has 148 valence electrons. The van der Waals surface area contributed by atoms with E-state index in [2.05, 4.69) is 38.6 Å². The van der Waals surface area contributed by atoms with Crippen LogP contribution in [0.15, 0.2) is 57.3 Å². The lowest BCUT2D eigenvalue weighted by molar-refractivity contribution is -0.195. The molecule has 0 radical (unpaired) electrons. The molecule has 0 bridgehead atoms. The molecule has 0 spiro atoms. The van der Waals surface area contributed by atoms with Crippen LogP contribution in [0.2, 0.25) is 0 Å². The molecule has 2 N–H and O–H groups in total. The highest BCUT2D eigenvalue weighted by atomic mass is 32.2. The van der Waals surface area contributed by atoms with Gasteiger partial charge in [0.1, 0.15) is 0 Å². The number of hydrogen-bond acceptors (Lipinski definition) is 8. The summed E-state index contributed by atoms with van der Waals surface area (Å²) < 4.78 is 11.1. The summed E-state index contributed by atoms with van der Waals surface area (Å²) >= 11 is 2.44. The van der Waals surface area contributed by atoms with Gasteiger partial charge in [-0.25, -0.2) is 4.98 Å². The standard InChI is InChI=1S/C20H22N2O4S2/c21-25-26-28-19-13-12-18(27-19)17-14-22-20(24-17)16(23)11-7-2-1-4-8-15-9-5-3-6-10-15/h3,5-6,9-10,12-14H,1-2,4,7-8,11,21H2. The van der Waals surface area contributed by atoms with Gasteiger partial charge in [0, 0.05) is 6.42 Å². The van der Waals surface area contributed by atoms with Crippen molar-refractivity contribution in [2.45, 2.75) is 42.7 Å². The number of ketones is 1. The topological polar surface area (TPSA) is 87.6 Å². The highest BCUT2D eigenvalue weighted by Crippen LogP contribution is 2.34. The summed E-state index contributed by atoms with van der Waals surface area (Å²) in [4.78, 5) is 21.3. The lowest BCUT2D eigenvalue weighted by atomic mass is 10.0. The zero-order valence-corrected chi connectivity index (χ0v) is 17.0. The average molecular weight is 419 g/mol. The highest BCUT2D eigenvalue weighted by Gasteiger charge is 2.15. The number of hydrogen-bond donors (Lipinski definition) is 1. The first-order valence-electron chi connectivity index (χ1n) is 9.09. The maximum Gasteiger partial charge on any atom is 0.263 e. The number of nitrogens with zero attached hydrogens (tertiary/aromatic N) is 1. The molecule has 6 nitrogen and oxygen atoms in total. The second kappa shape index (κ2) is 11.1. The quantitative estimate of drug-likeness (QED) is 0.134. The summed E-state index contributed by atoms with van der Waals surface area (Å²) in [5, 5.41) is 0. The Morgan fingerprint density at radius 1 is 1.11 bits per heavy atom. The summed E-state index contributed by atoms with van der Waals surface area (Å²) in [6.07, 6.45) is 7.25. The first kappa shape index (κ1) is 20.8. The third kappa shape index (κ3) is 6.29. The van der Waals surface area contributed by atoms with Gasteiger partial charge in [-0.1, -0.05) is 43.2 Å². The van der Waals surface area contributed by atoms with Crippen LogP contribution in [0.5, 0.6) is 0 Å². The number of unbranched alkanes of at least 4 members (excludes halogenated alkanes) is 3. The van der Waals surface area contributed by atoms with Gasteiger partial charge in [-0.3, -0.25) is 4.79 Å². The van der Waals surface area contributed by atoms with E-state index in [0.717, 1.165) is 53.2 Å². The van der Waals surface area contributed by atoms with E-state index < -0.39 is 0 Å². The van der Waals surface area contributed by atoms with Crippen molar-refractivity contribution in [2.75, 3.05) is 0 Å². The Labute approximate surface area is 172 Å². The molecule has 0 amide bonds. The van der Waals surface area contributed by atoms with E-state index in [0.29, 0.717) is 12.2 Å². The van der Waals surface area contributed by atoms with Crippen molar-refractivity contribution < 1.29 is 18.5 Å². The third-order valence-electron chi connectivity index (χ3n) is 4.19. The smallest absolute Gasteiger partial charge is 0.263 e. The lowest BCUT2D eigenvalue weighted by Crippen LogP contribution is -1.99. The minimum Gasteiger partial charge on any atom is -0.433 e. The molecule has 0 fully saturated rings. The van der Waals surface area contributed by atoms with E-state index in [1.54, 1.807) is 6.20 Å². The molecule has 0 aliphatic carbocycles. The van der Waals surface area contributed by atoms with Gasteiger partial charge in [0.05, 0.1) is 27.3 Å². The number of thiophene rings is 1. The van der Waals surface area contributed by atoms with Gasteiger partial charge in [-0.05, 0) is 37.0 Å². The van der Waals surface area contributed by atoms with Gasteiger partial charge in [0.25, 0.3) is 5.89 Å². The number of aryl methyl sites for hydroxylation is 1. The van der Waals surface area contributed by atoms with Crippen LogP contribution in [0.3, 0.4) is 0 Å². The number of Topliss-reactive ketones (excluding diaryl/α,β-unsaturated/α-hetero) is 1. The van der Waals surface area contributed by atoms with Crippen LogP contribution < -0.4 is 5.90 Å². The fourth-order valence-corrected chi connectivity index (χ4v) is 4.19. The lowest BCUT2D eigenvalue weighted by Gasteiger charge is -2.01. The summed E-state index contributed by atoms with van der Waals surface area (Å²) in [7, 11) is 0. The van der Waals surface area contributed by atoms with E-state index in [1.807, 2.05) is 18.2 Å². The van der Waals surface area contributed by atoms with Gasteiger partial charge in [-0.15, -0.1) is 20.7 Å². The minimum atomic E-state index is -0.0553. The zero-order valence-electron chi connectivity index (χ0n) is 15.3. The van der Waals surface area contributed by atoms with Crippen molar-refractivity contribution >= 4 is 29.2 Å². The van der Waals surface area contributed by atoms with Gasteiger partial charge in [0.2, 0.25) is 5.78 Å². The van der Waals surface area contributed by atoms with Crippen LogP contribution in [0, 0.1) is 0 Å². The van der Waals surface area contributed by atoms with E-state index in [-0.39, 0.29) is 11.7 Å². The number of nitrogens with two attached hydrogens (primary N) is 1. The van der Waals surface area contributed by atoms with Crippen molar-refractivity contribution in [3.05, 3.63) is 60.1 Å².